The van der Waals surface area contributed by atoms with Gasteiger partial charge < -0.3 is 15.2 Å². The highest BCUT2D eigenvalue weighted by Gasteiger charge is 2.10. The molecular formula is C12H16BrNO3. The van der Waals surface area contributed by atoms with E-state index < -0.39 is 0 Å². The van der Waals surface area contributed by atoms with Crippen molar-refractivity contribution >= 4 is 21.8 Å². The Morgan fingerprint density at radius 1 is 1.47 bits per heavy atom. The number of phenolic OH excluding ortho intramolecular Hbond substituents is 1. The average molecular weight is 302 g/mol. The monoisotopic (exact) mass is 301 g/mol. The number of phenols is 1. The Labute approximate surface area is 109 Å². The van der Waals surface area contributed by atoms with Crippen molar-refractivity contribution in [2.24, 2.45) is 0 Å². The van der Waals surface area contributed by atoms with Crippen molar-refractivity contribution in [1.29, 1.82) is 0 Å². The molecule has 0 saturated heterocycles. The van der Waals surface area contributed by atoms with E-state index in [2.05, 4.69) is 21.2 Å². The lowest BCUT2D eigenvalue weighted by atomic mass is 10.1. The van der Waals surface area contributed by atoms with Crippen LogP contribution in [0.25, 0.3) is 0 Å². The van der Waals surface area contributed by atoms with E-state index in [0.29, 0.717) is 25.3 Å². The van der Waals surface area contributed by atoms with Gasteiger partial charge in [-0.2, -0.15) is 0 Å². The van der Waals surface area contributed by atoms with Crippen molar-refractivity contribution in [3.8, 4) is 5.75 Å². The molecule has 1 amide bonds. The summed E-state index contributed by atoms with van der Waals surface area (Å²) in [4.78, 5) is 11.7. The summed E-state index contributed by atoms with van der Waals surface area (Å²) in [6.07, 6.45) is 0. The van der Waals surface area contributed by atoms with Crippen LogP contribution in [0.4, 0.5) is 0 Å². The van der Waals surface area contributed by atoms with E-state index >= 15 is 0 Å². The third kappa shape index (κ3) is 4.75. The summed E-state index contributed by atoms with van der Waals surface area (Å²) in [6, 6.07) is 4.93. The van der Waals surface area contributed by atoms with E-state index in [4.69, 9.17) is 4.74 Å². The van der Waals surface area contributed by atoms with Crippen LogP contribution in [0.1, 0.15) is 15.9 Å². The quantitative estimate of drug-likeness (QED) is 0.623. The molecular weight excluding hydrogens is 286 g/mol. The first-order chi connectivity index (χ1) is 8.15. The Morgan fingerprint density at radius 2 is 2.24 bits per heavy atom. The number of halogens is 1. The zero-order valence-electron chi connectivity index (χ0n) is 9.70. The van der Waals surface area contributed by atoms with Crippen molar-refractivity contribution < 1.29 is 14.6 Å². The molecule has 17 heavy (non-hydrogen) atoms. The molecule has 1 aromatic rings. The lowest BCUT2D eigenvalue weighted by Crippen LogP contribution is -2.27. The number of carbonyl (C=O) groups excluding carboxylic acids is 1. The number of benzene rings is 1. The molecule has 0 saturated carbocycles. The van der Waals surface area contributed by atoms with E-state index in [1.165, 1.54) is 6.07 Å². The highest BCUT2D eigenvalue weighted by atomic mass is 79.9. The number of aromatic hydroxyl groups is 1. The molecule has 0 radical (unpaired) electrons. The number of hydrogen-bond donors (Lipinski definition) is 2. The second-order valence-corrected chi connectivity index (χ2v) is 4.37. The van der Waals surface area contributed by atoms with Gasteiger partial charge in [0.05, 0.1) is 18.8 Å². The molecule has 0 aliphatic heterocycles. The minimum Gasteiger partial charge on any atom is -0.507 e. The standard InChI is InChI=1S/C12H16BrNO3/c1-9-2-3-11(15)10(8-9)12(16)14-5-7-17-6-4-13/h2-3,8,15H,4-7H2,1H3,(H,14,16). The number of aryl methyl sites for hydroxylation is 1. The summed E-state index contributed by atoms with van der Waals surface area (Å²) in [5.74, 6) is -0.289. The van der Waals surface area contributed by atoms with E-state index in [0.717, 1.165) is 10.9 Å². The van der Waals surface area contributed by atoms with Crippen LogP contribution in [-0.4, -0.2) is 36.1 Å². The Bertz CT molecular complexity index is 382. The zero-order valence-corrected chi connectivity index (χ0v) is 11.3. The van der Waals surface area contributed by atoms with Crippen LogP contribution in [0, 0.1) is 6.92 Å². The Morgan fingerprint density at radius 3 is 2.94 bits per heavy atom. The number of amides is 1. The van der Waals surface area contributed by atoms with Crippen LogP contribution >= 0.6 is 15.9 Å². The molecule has 0 heterocycles. The minimum atomic E-state index is -0.284. The zero-order chi connectivity index (χ0) is 12.7. The third-order valence-corrected chi connectivity index (χ3v) is 2.47. The van der Waals surface area contributed by atoms with Crippen LogP contribution in [0.5, 0.6) is 5.75 Å². The highest BCUT2D eigenvalue weighted by Crippen LogP contribution is 2.17. The molecule has 0 unspecified atom stereocenters. The number of alkyl halides is 1. The number of carbonyl (C=O) groups is 1. The van der Waals surface area contributed by atoms with Crippen LogP contribution in [-0.2, 0) is 4.74 Å². The van der Waals surface area contributed by atoms with Gasteiger partial charge in [-0.15, -0.1) is 0 Å². The third-order valence-electron chi connectivity index (χ3n) is 2.15. The Balaban J connectivity index is 2.44. The number of nitrogens with one attached hydrogen (secondary N) is 1. The second-order valence-electron chi connectivity index (χ2n) is 3.58. The predicted molar refractivity (Wildman–Crippen MR) is 69.8 cm³/mol. The summed E-state index contributed by atoms with van der Waals surface area (Å²) in [6.45, 7) is 3.38. The molecule has 0 aliphatic carbocycles. The molecule has 1 aromatic carbocycles. The van der Waals surface area contributed by atoms with E-state index in [1.807, 2.05) is 6.92 Å². The van der Waals surface area contributed by atoms with Crippen molar-refractivity contribution in [3.63, 3.8) is 0 Å². The number of ether oxygens (including phenoxy) is 1. The molecule has 5 heteroatoms. The number of hydrogen-bond acceptors (Lipinski definition) is 3. The SMILES string of the molecule is Cc1ccc(O)c(C(=O)NCCOCCBr)c1. The summed E-state index contributed by atoms with van der Waals surface area (Å²) in [5, 5.41) is 13.0. The molecule has 4 nitrogen and oxygen atoms in total. The van der Waals surface area contributed by atoms with Crippen molar-refractivity contribution in [2.45, 2.75) is 6.92 Å². The maximum absolute atomic E-state index is 11.7. The summed E-state index contributed by atoms with van der Waals surface area (Å²) >= 11 is 3.24. The molecule has 1 rings (SSSR count). The first-order valence-electron chi connectivity index (χ1n) is 5.36. The van der Waals surface area contributed by atoms with Crippen LogP contribution in [0.3, 0.4) is 0 Å². The fourth-order valence-corrected chi connectivity index (χ4v) is 1.55. The Kier molecular flexibility index (Phi) is 6.00. The normalized spacial score (nSPS) is 10.2. The van der Waals surface area contributed by atoms with Gasteiger partial charge in [0.15, 0.2) is 0 Å². The lowest BCUT2D eigenvalue weighted by molar-refractivity contribution is 0.0921. The van der Waals surface area contributed by atoms with Gasteiger partial charge in [0, 0.05) is 11.9 Å². The molecule has 0 fully saturated rings. The summed E-state index contributed by atoms with van der Waals surface area (Å²) in [7, 11) is 0. The van der Waals surface area contributed by atoms with Crippen molar-refractivity contribution in [3.05, 3.63) is 29.3 Å². The first-order valence-corrected chi connectivity index (χ1v) is 6.49. The molecule has 2 N–H and O–H groups in total. The van der Waals surface area contributed by atoms with E-state index in [9.17, 15) is 9.90 Å². The van der Waals surface area contributed by atoms with Gasteiger partial charge in [0.25, 0.3) is 5.91 Å². The fraction of sp³-hybridized carbons (Fsp3) is 0.417. The first kappa shape index (κ1) is 14.0. The van der Waals surface area contributed by atoms with Gasteiger partial charge >= 0.3 is 0 Å². The van der Waals surface area contributed by atoms with Crippen LogP contribution < -0.4 is 5.32 Å². The van der Waals surface area contributed by atoms with Gasteiger partial charge in [-0.25, -0.2) is 0 Å². The molecule has 0 bridgehead atoms. The summed E-state index contributed by atoms with van der Waals surface area (Å²) in [5.41, 5.74) is 1.23. The maximum atomic E-state index is 11.7. The molecule has 94 valence electrons. The highest BCUT2D eigenvalue weighted by molar-refractivity contribution is 9.09. The van der Waals surface area contributed by atoms with Crippen LogP contribution in [0.15, 0.2) is 18.2 Å². The van der Waals surface area contributed by atoms with E-state index in [-0.39, 0.29) is 11.7 Å². The van der Waals surface area contributed by atoms with Gasteiger partial charge in [-0.1, -0.05) is 27.6 Å². The largest absolute Gasteiger partial charge is 0.507 e. The molecule has 0 aliphatic rings. The van der Waals surface area contributed by atoms with E-state index in [1.54, 1.807) is 12.1 Å². The van der Waals surface area contributed by atoms with Gasteiger partial charge in [-0.05, 0) is 19.1 Å². The van der Waals surface area contributed by atoms with Crippen molar-refractivity contribution in [2.75, 3.05) is 25.1 Å². The topological polar surface area (TPSA) is 58.6 Å². The lowest BCUT2D eigenvalue weighted by Gasteiger charge is -2.07. The average Bonchev–Trinajstić information content (AvgIpc) is 2.32. The van der Waals surface area contributed by atoms with Gasteiger partial charge in [0.2, 0.25) is 0 Å². The maximum Gasteiger partial charge on any atom is 0.255 e. The molecule has 0 aromatic heterocycles. The van der Waals surface area contributed by atoms with Crippen LogP contribution in [0.2, 0.25) is 0 Å². The van der Waals surface area contributed by atoms with Crippen molar-refractivity contribution in [1.82, 2.24) is 5.32 Å². The number of rotatable bonds is 6. The molecule has 0 atom stereocenters. The second kappa shape index (κ2) is 7.29. The Hall–Kier alpha value is -1.07. The van der Waals surface area contributed by atoms with Gasteiger partial charge in [-0.3, -0.25) is 4.79 Å². The smallest absolute Gasteiger partial charge is 0.255 e. The van der Waals surface area contributed by atoms with Gasteiger partial charge in [0.1, 0.15) is 5.75 Å². The predicted octanol–water partition coefficient (Wildman–Crippen LogP) is 1.84. The molecule has 0 spiro atoms. The summed E-state index contributed by atoms with van der Waals surface area (Å²) < 4.78 is 5.20. The fourth-order valence-electron chi connectivity index (χ4n) is 1.32. The minimum absolute atomic E-state index is 0.00511.